The molecule has 1 aliphatic heterocycles. The number of benzene rings is 3. The summed E-state index contributed by atoms with van der Waals surface area (Å²) in [5.41, 5.74) is 6.17. The number of likely N-dealkylation sites (tertiary alicyclic amines) is 1. The Bertz CT molecular complexity index is 1300. The van der Waals surface area contributed by atoms with E-state index in [0.29, 0.717) is 24.7 Å². The van der Waals surface area contributed by atoms with E-state index in [2.05, 4.69) is 30.3 Å². The summed E-state index contributed by atoms with van der Waals surface area (Å²) in [6.45, 7) is 3.46. The van der Waals surface area contributed by atoms with E-state index in [1.165, 1.54) is 0 Å². The molecule has 1 N–H and O–H groups in total. The van der Waals surface area contributed by atoms with Crippen LogP contribution in [0.4, 0.5) is 0 Å². The number of carbonyl (C=O) groups is 1. The molecule has 0 saturated carbocycles. The van der Waals surface area contributed by atoms with Gasteiger partial charge in [0, 0.05) is 17.7 Å². The van der Waals surface area contributed by atoms with Crippen LogP contribution in [0.2, 0.25) is 0 Å². The molecule has 1 saturated heterocycles. The van der Waals surface area contributed by atoms with E-state index >= 15 is 0 Å². The molecule has 5 rings (SSSR count). The predicted molar refractivity (Wildman–Crippen MR) is 131 cm³/mol. The van der Waals surface area contributed by atoms with Crippen LogP contribution in [0.25, 0.3) is 34.0 Å². The number of carboxylic acid groups (broad SMARTS) is 1. The van der Waals surface area contributed by atoms with E-state index < -0.39 is 12.0 Å². The Kier molecular flexibility index (Phi) is 6.23. The molecule has 1 aliphatic rings. The monoisotopic (exact) mass is 453 g/mol. The van der Waals surface area contributed by atoms with Crippen molar-refractivity contribution >= 4 is 5.97 Å². The van der Waals surface area contributed by atoms with Crippen LogP contribution in [0.5, 0.6) is 0 Å². The molecule has 172 valence electrons. The Morgan fingerprint density at radius 3 is 2.59 bits per heavy atom. The lowest BCUT2D eigenvalue weighted by Gasteiger charge is -2.32. The first kappa shape index (κ1) is 22.0. The van der Waals surface area contributed by atoms with Crippen molar-refractivity contribution in [2.75, 3.05) is 6.54 Å². The molecule has 1 atom stereocenters. The molecule has 0 aliphatic carbocycles. The predicted octanol–water partition coefficient (Wildman–Crippen LogP) is 5.82. The first-order chi connectivity index (χ1) is 16.6. The van der Waals surface area contributed by atoms with Crippen LogP contribution >= 0.6 is 0 Å². The second kappa shape index (κ2) is 9.61. The van der Waals surface area contributed by atoms with Crippen LogP contribution in [-0.4, -0.2) is 38.7 Å². The minimum Gasteiger partial charge on any atom is -0.480 e. The fourth-order valence-corrected chi connectivity index (χ4v) is 4.75. The molecule has 4 aromatic rings. The first-order valence-corrected chi connectivity index (χ1v) is 11.7. The summed E-state index contributed by atoms with van der Waals surface area (Å²) >= 11 is 0. The molecule has 0 bridgehead atoms. The van der Waals surface area contributed by atoms with E-state index in [1.54, 1.807) is 0 Å². The molecule has 1 aromatic heterocycles. The fraction of sp³-hybridized carbons (Fsp3) is 0.250. The van der Waals surface area contributed by atoms with Gasteiger partial charge < -0.3 is 9.63 Å². The van der Waals surface area contributed by atoms with E-state index in [0.717, 1.165) is 52.8 Å². The highest BCUT2D eigenvalue weighted by molar-refractivity contribution is 5.76. The zero-order chi connectivity index (χ0) is 23.5. The zero-order valence-electron chi connectivity index (χ0n) is 19.1. The third-order valence-corrected chi connectivity index (χ3v) is 6.54. The second-order valence-corrected chi connectivity index (χ2v) is 8.79. The summed E-state index contributed by atoms with van der Waals surface area (Å²) in [5.74, 6) is 0.263. The first-order valence-electron chi connectivity index (χ1n) is 11.7. The van der Waals surface area contributed by atoms with Crippen LogP contribution in [0.1, 0.15) is 30.4 Å². The molecule has 6 nitrogen and oxygen atoms in total. The number of aromatic nitrogens is 2. The zero-order valence-corrected chi connectivity index (χ0v) is 19.1. The average Bonchev–Trinajstić information content (AvgIpc) is 3.35. The van der Waals surface area contributed by atoms with Gasteiger partial charge in [0.1, 0.15) is 6.04 Å². The molecule has 6 heteroatoms. The number of hydrogen-bond acceptors (Lipinski definition) is 5. The van der Waals surface area contributed by atoms with Crippen LogP contribution in [0, 0.1) is 6.92 Å². The summed E-state index contributed by atoms with van der Waals surface area (Å²) < 4.78 is 5.67. The lowest BCUT2D eigenvalue weighted by atomic mass is 9.96. The SMILES string of the molecule is Cc1c(-c2ccccc2)cccc1-c1nc(-c2cccc(CN3CCCC[C@H]3C(=O)O)c2)no1. The van der Waals surface area contributed by atoms with Crippen molar-refractivity contribution in [2.45, 2.75) is 38.8 Å². The Hall–Kier alpha value is -3.77. The smallest absolute Gasteiger partial charge is 0.320 e. The Labute approximate surface area is 198 Å². The molecular weight excluding hydrogens is 426 g/mol. The fourth-order valence-electron chi connectivity index (χ4n) is 4.75. The van der Waals surface area contributed by atoms with Crippen molar-refractivity contribution in [3.05, 3.63) is 83.9 Å². The Morgan fingerprint density at radius 1 is 1.00 bits per heavy atom. The maximum absolute atomic E-state index is 11.6. The number of aliphatic carboxylic acids is 1. The van der Waals surface area contributed by atoms with Crippen molar-refractivity contribution in [3.63, 3.8) is 0 Å². The molecule has 1 fully saturated rings. The van der Waals surface area contributed by atoms with Gasteiger partial charge in [0.2, 0.25) is 5.82 Å². The summed E-state index contributed by atoms with van der Waals surface area (Å²) in [5, 5.41) is 13.8. The number of rotatable bonds is 6. The third-order valence-electron chi connectivity index (χ3n) is 6.54. The lowest BCUT2D eigenvalue weighted by Crippen LogP contribution is -2.43. The van der Waals surface area contributed by atoms with Gasteiger partial charge in [-0.3, -0.25) is 9.69 Å². The van der Waals surface area contributed by atoms with Gasteiger partial charge in [-0.25, -0.2) is 0 Å². The van der Waals surface area contributed by atoms with Gasteiger partial charge in [0.05, 0.1) is 0 Å². The van der Waals surface area contributed by atoms with E-state index in [9.17, 15) is 9.90 Å². The Morgan fingerprint density at radius 2 is 1.76 bits per heavy atom. The van der Waals surface area contributed by atoms with E-state index in [4.69, 9.17) is 9.51 Å². The summed E-state index contributed by atoms with van der Waals surface area (Å²) in [6, 6.07) is 23.9. The molecule has 0 spiro atoms. The van der Waals surface area contributed by atoms with Gasteiger partial charge in [0.15, 0.2) is 0 Å². The minimum atomic E-state index is -0.744. The highest BCUT2D eigenvalue weighted by atomic mass is 16.5. The Balaban J connectivity index is 1.40. The van der Waals surface area contributed by atoms with Gasteiger partial charge >= 0.3 is 5.97 Å². The molecule has 0 radical (unpaired) electrons. The largest absolute Gasteiger partial charge is 0.480 e. The number of hydrogen-bond donors (Lipinski definition) is 1. The third kappa shape index (κ3) is 4.50. The van der Waals surface area contributed by atoms with Crippen LogP contribution in [0.3, 0.4) is 0 Å². The highest BCUT2D eigenvalue weighted by Crippen LogP contribution is 2.32. The molecule has 2 heterocycles. The second-order valence-electron chi connectivity index (χ2n) is 8.79. The van der Waals surface area contributed by atoms with Gasteiger partial charge in [-0.2, -0.15) is 4.98 Å². The van der Waals surface area contributed by atoms with Crippen molar-refractivity contribution < 1.29 is 14.4 Å². The molecule has 3 aromatic carbocycles. The quantitative estimate of drug-likeness (QED) is 0.396. The van der Waals surface area contributed by atoms with Crippen LogP contribution in [-0.2, 0) is 11.3 Å². The molecular formula is C28H27N3O3. The summed E-state index contributed by atoms with van der Waals surface area (Å²) in [4.78, 5) is 18.4. The molecule has 0 unspecified atom stereocenters. The van der Waals surface area contributed by atoms with Crippen molar-refractivity contribution in [3.8, 4) is 34.0 Å². The van der Waals surface area contributed by atoms with Crippen molar-refractivity contribution in [2.24, 2.45) is 0 Å². The van der Waals surface area contributed by atoms with Crippen molar-refractivity contribution in [1.29, 1.82) is 0 Å². The van der Waals surface area contributed by atoms with E-state index in [-0.39, 0.29) is 0 Å². The number of nitrogens with zero attached hydrogens (tertiary/aromatic N) is 3. The maximum atomic E-state index is 11.6. The van der Waals surface area contributed by atoms with Gasteiger partial charge in [-0.05, 0) is 60.7 Å². The molecule has 0 amide bonds. The van der Waals surface area contributed by atoms with Crippen LogP contribution in [0.15, 0.2) is 77.3 Å². The standard InChI is InChI=1S/C28H27N3O3/c1-19-23(21-10-3-2-4-11-21)13-8-14-24(19)27-29-26(30-34-27)22-12-7-9-20(17-22)18-31-16-6-5-15-25(31)28(32)33/h2-4,7-14,17,25H,5-6,15-16,18H2,1H3,(H,32,33)/t25-/m0/s1. The highest BCUT2D eigenvalue weighted by Gasteiger charge is 2.28. The lowest BCUT2D eigenvalue weighted by molar-refractivity contribution is -0.144. The summed E-state index contributed by atoms with van der Waals surface area (Å²) in [7, 11) is 0. The molecule has 34 heavy (non-hydrogen) atoms. The van der Waals surface area contributed by atoms with Crippen LogP contribution < -0.4 is 0 Å². The van der Waals surface area contributed by atoms with Gasteiger partial charge in [-0.1, -0.05) is 72.2 Å². The van der Waals surface area contributed by atoms with Gasteiger partial charge in [0.25, 0.3) is 5.89 Å². The number of piperidine rings is 1. The number of carboxylic acids is 1. The topological polar surface area (TPSA) is 79.5 Å². The minimum absolute atomic E-state index is 0.422. The summed E-state index contributed by atoms with van der Waals surface area (Å²) in [6.07, 6.45) is 2.69. The van der Waals surface area contributed by atoms with Gasteiger partial charge in [-0.15, -0.1) is 0 Å². The average molecular weight is 454 g/mol. The van der Waals surface area contributed by atoms with Crippen molar-refractivity contribution in [1.82, 2.24) is 15.0 Å². The van der Waals surface area contributed by atoms with E-state index in [1.807, 2.05) is 59.5 Å². The normalized spacial score (nSPS) is 16.4. The maximum Gasteiger partial charge on any atom is 0.320 e.